The molecule has 3 rings (SSSR count). The first kappa shape index (κ1) is 15.9. The van der Waals surface area contributed by atoms with Gasteiger partial charge in [0.05, 0.1) is 22.6 Å². The van der Waals surface area contributed by atoms with E-state index in [9.17, 15) is 5.26 Å². The summed E-state index contributed by atoms with van der Waals surface area (Å²) in [6.45, 7) is 4.06. The van der Waals surface area contributed by atoms with Crippen molar-refractivity contribution in [1.29, 1.82) is 5.26 Å². The molecule has 2 aromatic carbocycles. The zero-order valence-electron chi connectivity index (χ0n) is 12.5. The van der Waals surface area contributed by atoms with Crippen molar-refractivity contribution in [3.8, 4) is 6.07 Å². The molecule has 22 heavy (non-hydrogen) atoms. The molecule has 0 saturated carbocycles. The van der Waals surface area contributed by atoms with E-state index in [1.165, 1.54) is 0 Å². The number of nitriles is 1. The van der Waals surface area contributed by atoms with E-state index >= 15 is 0 Å². The number of hydrogen-bond donors (Lipinski definition) is 2. The number of para-hydroxylation sites is 2. The number of nitrogens with two attached hydrogens (primary N) is 1. The van der Waals surface area contributed by atoms with E-state index in [0.29, 0.717) is 11.4 Å². The molecular weight excluding hydrogens is 296 g/mol. The summed E-state index contributed by atoms with van der Waals surface area (Å²) < 4.78 is 0. The topological polar surface area (TPSA) is 74.2 Å². The molecule has 0 unspecified atom stereocenters. The molecule has 0 aliphatic carbocycles. The lowest BCUT2D eigenvalue weighted by Crippen LogP contribution is -2.15. The SMILES string of the molecule is CCc1c(C)cc2c(c1C#N)Nc1ccccc1N=C2N.Cl. The van der Waals surface area contributed by atoms with Crippen LogP contribution in [-0.4, -0.2) is 5.84 Å². The molecule has 0 bridgehead atoms. The van der Waals surface area contributed by atoms with E-state index in [4.69, 9.17) is 5.73 Å². The van der Waals surface area contributed by atoms with Crippen molar-refractivity contribution in [2.24, 2.45) is 10.7 Å². The molecule has 0 fully saturated rings. The quantitative estimate of drug-likeness (QED) is 0.837. The summed E-state index contributed by atoms with van der Waals surface area (Å²) in [5.74, 6) is 0.435. The highest BCUT2D eigenvalue weighted by atomic mass is 35.5. The lowest BCUT2D eigenvalue weighted by molar-refractivity contribution is 1.10. The van der Waals surface area contributed by atoms with Crippen LogP contribution in [0.1, 0.15) is 29.2 Å². The number of nitrogens with one attached hydrogen (secondary N) is 1. The van der Waals surface area contributed by atoms with Gasteiger partial charge >= 0.3 is 0 Å². The second-order valence-electron chi connectivity index (χ2n) is 5.07. The summed E-state index contributed by atoms with van der Waals surface area (Å²) in [5.41, 5.74) is 12.1. The highest BCUT2D eigenvalue weighted by Crippen LogP contribution is 2.37. The Balaban J connectivity index is 0.00000176. The molecule has 1 aliphatic rings. The van der Waals surface area contributed by atoms with Gasteiger partial charge in [-0.05, 0) is 42.7 Å². The Kier molecular flexibility index (Phi) is 4.39. The minimum atomic E-state index is 0. The monoisotopic (exact) mass is 312 g/mol. The summed E-state index contributed by atoms with van der Waals surface area (Å²) in [6, 6.07) is 12.0. The predicted molar refractivity (Wildman–Crippen MR) is 92.6 cm³/mol. The van der Waals surface area contributed by atoms with Gasteiger partial charge in [0.2, 0.25) is 0 Å². The Morgan fingerprint density at radius 1 is 1.32 bits per heavy atom. The molecular formula is C17H17ClN4. The average molecular weight is 313 g/mol. The van der Waals surface area contributed by atoms with Crippen LogP contribution in [0.3, 0.4) is 0 Å². The van der Waals surface area contributed by atoms with Gasteiger partial charge in [-0.2, -0.15) is 5.26 Å². The standard InChI is InChI=1S/C17H16N4.ClH/c1-3-11-10(2)8-12-16(13(11)9-18)20-14-6-4-5-7-15(14)21-17(12)19;/h4-8,20H,3H2,1-2H3,(H2,19,21);1H. The molecule has 4 nitrogen and oxygen atoms in total. The molecule has 0 amide bonds. The van der Waals surface area contributed by atoms with Gasteiger partial charge < -0.3 is 11.1 Å². The van der Waals surface area contributed by atoms with E-state index in [1.54, 1.807) is 0 Å². The fraction of sp³-hybridized carbons (Fsp3) is 0.176. The van der Waals surface area contributed by atoms with Gasteiger partial charge in [-0.3, -0.25) is 0 Å². The first-order valence-corrected chi connectivity index (χ1v) is 6.92. The maximum Gasteiger partial charge on any atom is 0.133 e. The van der Waals surface area contributed by atoms with Crippen LogP contribution in [0.5, 0.6) is 0 Å². The largest absolute Gasteiger partial charge is 0.383 e. The van der Waals surface area contributed by atoms with Crippen LogP contribution >= 0.6 is 12.4 Å². The molecule has 2 aromatic rings. The Hall–Kier alpha value is -2.51. The first-order valence-electron chi connectivity index (χ1n) is 6.92. The van der Waals surface area contributed by atoms with Crippen LogP contribution in [0.2, 0.25) is 0 Å². The van der Waals surface area contributed by atoms with E-state index in [0.717, 1.165) is 40.2 Å². The lowest BCUT2D eigenvalue weighted by Gasteiger charge is -2.16. The summed E-state index contributed by atoms with van der Waals surface area (Å²) >= 11 is 0. The second-order valence-corrected chi connectivity index (χ2v) is 5.07. The molecule has 3 N–H and O–H groups in total. The highest BCUT2D eigenvalue weighted by molar-refractivity contribution is 6.08. The number of nitrogens with zero attached hydrogens (tertiary/aromatic N) is 2. The molecule has 1 heterocycles. The van der Waals surface area contributed by atoms with Crippen LogP contribution in [0, 0.1) is 18.3 Å². The molecule has 0 spiro atoms. The molecule has 0 aromatic heterocycles. The molecule has 112 valence electrons. The fourth-order valence-corrected chi connectivity index (χ4v) is 2.77. The Bertz CT molecular complexity index is 803. The summed E-state index contributed by atoms with van der Waals surface area (Å²) in [5, 5.41) is 12.9. The second kappa shape index (κ2) is 6.08. The van der Waals surface area contributed by atoms with Crippen molar-refractivity contribution in [3.63, 3.8) is 0 Å². The number of anilines is 2. The van der Waals surface area contributed by atoms with Crippen molar-refractivity contribution in [3.05, 3.63) is 52.6 Å². The van der Waals surface area contributed by atoms with Crippen molar-refractivity contribution in [2.75, 3.05) is 5.32 Å². The minimum Gasteiger partial charge on any atom is -0.383 e. The number of benzene rings is 2. The van der Waals surface area contributed by atoms with Gasteiger partial charge in [-0.25, -0.2) is 4.99 Å². The predicted octanol–water partition coefficient (Wildman–Crippen LogP) is 3.94. The minimum absolute atomic E-state index is 0. The first-order chi connectivity index (χ1) is 10.2. The van der Waals surface area contributed by atoms with Gasteiger partial charge in [0.25, 0.3) is 0 Å². The van der Waals surface area contributed by atoms with Crippen LogP contribution in [-0.2, 0) is 6.42 Å². The molecule has 0 saturated heterocycles. The number of fused-ring (bicyclic) bond motifs is 2. The van der Waals surface area contributed by atoms with Crippen molar-refractivity contribution < 1.29 is 0 Å². The van der Waals surface area contributed by atoms with Gasteiger partial charge in [0.1, 0.15) is 11.9 Å². The van der Waals surface area contributed by atoms with E-state index in [1.807, 2.05) is 37.3 Å². The number of aryl methyl sites for hydroxylation is 1. The smallest absolute Gasteiger partial charge is 0.133 e. The highest BCUT2D eigenvalue weighted by Gasteiger charge is 2.21. The van der Waals surface area contributed by atoms with Crippen LogP contribution < -0.4 is 11.1 Å². The number of amidine groups is 1. The number of aliphatic imine (C=N–C) groups is 1. The van der Waals surface area contributed by atoms with Gasteiger partial charge in [-0.1, -0.05) is 19.1 Å². The number of rotatable bonds is 1. The number of halogens is 1. The van der Waals surface area contributed by atoms with Crippen LogP contribution in [0.15, 0.2) is 35.3 Å². The zero-order chi connectivity index (χ0) is 15.0. The van der Waals surface area contributed by atoms with Gasteiger partial charge in [-0.15, -0.1) is 12.4 Å². The Morgan fingerprint density at radius 3 is 2.73 bits per heavy atom. The van der Waals surface area contributed by atoms with Crippen molar-refractivity contribution >= 4 is 35.3 Å². The molecule has 0 atom stereocenters. The van der Waals surface area contributed by atoms with E-state index in [-0.39, 0.29) is 12.4 Å². The fourth-order valence-electron chi connectivity index (χ4n) is 2.77. The Morgan fingerprint density at radius 2 is 2.05 bits per heavy atom. The van der Waals surface area contributed by atoms with E-state index in [2.05, 4.69) is 23.3 Å². The Labute approximate surface area is 136 Å². The molecule has 0 radical (unpaired) electrons. The normalized spacial score (nSPS) is 11.8. The summed E-state index contributed by atoms with van der Waals surface area (Å²) in [6.07, 6.45) is 0.808. The van der Waals surface area contributed by atoms with Crippen LogP contribution in [0.25, 0.3) is 0 Å². The molecule has 5 heteroatoms. The lowest BCUT2D eigenvalue weighted by atomic mass is 9.94. The van der Waals surface area contributed by atoms with Crippen molar-refractivity contribution in [1.82, 2.24) is 0 Å². The zero-order valence-corrected chi connectivity index (χ0v) is 13.3. The maximum absolute atomic E-state index is 9.59. The third-order valence-corrected chi connectivity index (χ3v) is 3.80. The van der Waals surface area contributed by atoms with Crippen LogP contribution in [0.4, 0.5) is 17.1 Å². The summed E-state index contributed by atoms with van der Waals surface area (Å²) in [4.78, 5) is 4.48. The maximum atomic E-state index is 9.59. The van der Waals surface area contributed by atoms with E-state index < -0.39 is 0 Å². The third-order valence-electron chi connectivity index (χ3n) is 3.80. The van der Waals surface area contributed by atoms with Gasteiger partial charge in [0.15, 0.2) is 0 Å². The summed E-state index contributed by atoms with van der Waals surface area (Å²) in [7, 11) is 0. The molecule has 1 aliphatic heterocycles. The third kappa shape index (κ3) is 2.40. The average Bonchev–Trinajstić information content (AvgIpc) is 2.62. The van der Waals surface area contributed by atoms with Gasteiger partial charge in [0, 0.05) is 5.56 Å². The van der Waals surface area contributed by atoms with Crippen molar-refractivity contribution in [2.45, 2.75) is 20.3 Å². The number of hydrogen-bond acceptors (Lipinski definition) is 4.